The van der Waals surface area contributed by atoms with Gasteiger partial charge in [-0.2, -0.15) is 5.26 Å². The minimum atomic E-state index is 0.256. The van der Waals surface area contributed by atoms with Gasteiger partial charge in [0.1, 0.15) is 22.9 Å². The van der Waals surface area contributed by atoms with Gasteiger partial charge in [-0.3, -0.25) is 0 Å². The number of benzene rings is 2. The van der Waals surface area contributed by atoms with Crippen molar-refractivity contribution in [3.05, 3.63) is 79.1 Å². The Hall–Kier alpha value is -2.01. The monoisotopic (exact) mass is 637 g/mol. The first-order chi connectivity index (χ1) is 17.9. The van der Waals surface area contributed by atoms with E-state index in [4.69, 9.17) is 60.7 Å². The zero-order chi connectivity index (χ0) is 26.1. The van der Waals surface area contributed by atoms with E-state index >= 15 is 0 Å². The average molecular weight is 640 g/mol. The number of aromatic nitrogens is 2. The number of nitriles is 1. The van der Waals surface area contributed by atoms with Crippen molar-refractivity contribution in [2.75, 3.05) is 0 Å². The van der Waals surface area contributed by atoms with Crippen LogP contribution in [0.15, 0.2) is 45.4 Å². The number of halogens is 5. The second-order valence-electron chi connectivity index (χ2n) is 8.96. The van der Waals surface area contributed by atoms with E-state index in [1.54, 1.807) is 18.2 Å². The summed E-state index contributed by atoms with van der Waals surface area (Å²) in [5.74, 6) is 2.69. The van der Waals surface area contributed by atoms with E-state index in [2.05, 4.69) is 32.3 Å². The molecule has 0 atom stereocenters. The third-order valence-electron chi connectivity index (χ3n) is 6.32. The molecule has 0 bridgehead atoms. The fraction of sp³-hybridized carbons (Fsp3) is 0.296. The van der Waals surface area contributed by atoms with Gasteiger partial charge in [-0.25, -0.2) is 0 Å². The molecule has 2 saturated carbocycles. The van der Waals surface area contributed by atoms with E-state index in [1.165, 1.54) is 12.8 Å². The molecule has 37 heavy (non-hydrogen) atoms. The van der Waals surface area contributed by atoms with Crippen LogP contribution in [0.3, 0.4) is 0 Å². The molecule has 2 aliphatic carbocycles. The van der Waals surface area contributed by atoms with Crippen molar-refractivity contribution in [3.63, 3.8) is 0 Å². The Morgan fingerprint density at radius 1 is 0.757 bits per heavy atom. The molecule has 0 amide bonds. The van der Waals surface area contributed by atoms with Gasteiger partial charge < -0.3 is 9.05 Å². The summed E-state index contributed by atoms with van der Waals surface area (Å²) in [5, 5.41) is 20.2. The Morgan fingerprint density at radius 3 is 1.54 bits per heavy atom. The molecular formula is C27H20BrCl4N3O2. The Bertz CT molecular complexity index is 1450. The minimum Gasteiger partial charge on any atom is -0.360 e. The zero-order valence-corrected chi connectivity index (χ0v) is 24.0. The molecular weight excluding hydrogens is 620 g/mol. The van der Waals surface area contributed by atoms with E-state index in [0.717, 1.165) is 46.7 Å². The highest BCUT2D eigenvalue weighted by molar-refractivity contribution is 9.08. The smallest absolute Gasteiger partial charge is 0.144 e. The van der Waals surface area contributed by atoms with Crippen molar-refractivity contribution >= 4 is 62.3 Å². The van der Waals surface area contributed by atoms with Crippen LogP contribution in [0.4, 0.5) is 0 Å². The van der Waals surface area contributed by atoms with Crippen molar-refractivity contribution in [1.82, 2.24) is 10.3 Å². The van der Waals surface area contributed by atoms with Crippen molar-refractivity contribution in [3.8, 4) is 28.6 Å². The van der Waals surface area contributed by atoms with Crippen molar-refractivity contribution in [1.29, 1.82) is 5.26 Å². The lowest BCUT2D eigenvalue weighted by Gasteiger charge is -2.05. The van der Waals surface area contributed by atoms with Gasteiger partial charge in [-0.05, 0) is 49.9 Å². The zero-order valence-electron chi connectivity index (χ0n) is 19.4. The Balaban J connectivity index is 0.000000152. The van der Waals surface area contributed by atoms with E-state index in [1.807, 2.05) is 18.2 Å². The number of nitrogens with zero attached hydrogens (tertiary/aromatic N) is 3. The molecule has 2 aliphatic rings. The maximum atomic E-state index is 8.99. The minimum absolute atomic E-state index is 0.256. The number of rotatable bonds is 6. The highest BCUT2D eigenvalue weighted by atomic mass is 79.9. The molecule has 0 spiro atoms. The first-order valence-electron chi connectivity index (χ1n) is 11.7. The highest BCUT2D eigenvalue weighted by Gasteiger charge is 2.34. The van der Waals surface area contributed by atoms with E-state index in [9.17, 15) is 0 Å². The fourth-order valence-electron chi connectivity index (χ4n) is 4.20. The summed E-state index contributed by atoms with van der Waals surface area (Å²) in [7, 11) is 0. The van der Waals surface area contributed by atoms with Crippen molar-refractivity contribution < 1.29 is 9.05 Å². The molecule has 4 aromatic rings. The SMILES string of the molecule is Clc1cccc(Cl)c1-c1noc(C2CC2)c1CBr.N#CCc1c(-c2c(Cl)cccc2Cl)noc1C1CC1. The van der Waals surface area contributed by atoms with Gasteiger partial charge in [0, 0.05) is 39.4 Å². The van der Waals surface area contributed by atoms with Crippen LogP contribution < -0.4 is 0 Å². The van der Waals surface area contributed by atoms with Crippen LogP contribution in [0.25, 0.3) is 22.5 Å². The first-order valence-corrected chi connectivity index (χ1v) is 14.4. The summed E-state index contributed by atoms with van der Waals surface area (Å²) in [6.45, 7) is 0. The molecule has 0 saturated heterocycles. The third-order valence-corrected chi connectivity index (χ3v) is 8.14. The van der Waals surface area contributed by atoms with Crippen LogP contribution in [0.2, 0.25) is 20.1 Å². The predicted octanol–water partition coefficient (Wildman–Crippen LogP) is 10.0. The van der Waals surface area contributed by atoms with Gasteiger partial charge in [-0.1, -0.05) is 84.8 Å². The van der Waals surface area contributed by atoms with Gasteiger partial charge >= 0.3 is 0 Å². The fourth-order valence-corrected chi connectivity index (χ4v) is 5.89. The summed E-state index contributed by atoms with van der Waals surface area (Å²) in [5.41, 5.74) is 4.63. The molecule has 0 aliphatic heterocycles. The van der Waals surface area contributed by atoms with Crippen LogP contribution in [-0.4, -0.2) is 10.3 Å². The lowest BCUT2D eigenvalue weighted by molar-refractivity contribution is 0.385. The Kier molecular flexibility index (Phi) is 8.19. The molecule has 0 unspecified atom stereocenters. The number of hydrogen-bond donors (Lipinski definition) is 0. The molecule has 10 heteroatoms. The third kappa shape index (κ3) is 5.57. The van der Waals surface area contributed by atoms with Crippen LogP contribution in [0.5, 0.6) is 0 Å². The largest absolute Gasteiger partial charge is 0.360 e. The van der Waals surface area contributed by atoms with Crippen molar-refractivity contribution in [2.24, 2.45) is 0 Å². The normalized spacial score (nSPS) is 14.7. The quantitative estimate of drug-likeness (QED) is 0.196. The lowest BCUT2D eigenvalue weighted by Crippen LogP contribution is -1.91. The second-order valence-corrected chi connectivity index (χ2v) is 11.1. The van der Waals surface area contributed by atoms with Gasteiger partial charge in [0.2, 0.25) is 0 Å². The standard InChI is InChI=1S/C14H10Cl2N2O.C13H10BrCl2NO/c15-10-2-1-3-11(16)12(10)13-9(6-7-17)14(19-18-13)8-4-5-8;14-6-8-12(17-18-13(8)7-4-5-7)11-9(15)2-1-3-10(11)16/h1-3,8H,4-6H2;1-3,7H,4-6H2. The average Bonchev–Trinajstić information content (AvgIpc) is 3.81. The molecule has 2 aromatic heterocycles. The summed E-state index contributed by atoms with van der Waals surface area (Å²) >= 11 is 28.3. The van der Waals surface area contributed by atoms with Crippen LogP contribution in [0.1, 0.15) is 60.2 Å². The molecule has 2 heterocycles. The summed E-state index contributed by atoms with van der Waals surface area (Å²) in [4.78, 5) is 0. The van der Waals surface area contributed by atoms with Crippen LogP contribution >= 0.6 is 62.3 Å². The second kappa shape index (κ2) is 11.4. The Labute approximate surface area is 242 Å². The maximum Gasteiger partial charge on any atom is 0.144 e. The molecule has 0 N–H and O–H groups in total. The van der Waals surface area contributed by atoms with Crippen LogP contribution in [-0.2, 0) is 11.8 Å². The maximum absolute atomic E-state index is 8.99. The summed E-state index contributed by atoms with van der Waals surface area (Å²) < 4.78 is 10.9. The molecule has 5 nitrogen and oxygen atoms in total. The summed E-state index contributed by atoms with van der Waals surface area (Å²) in [6, 6.07) is 12.9. The molecule has 2 fully saturated rings. The van der Waals surface area contributed by atoms with E-state index in [-0.39, 0.29) is 6.42 Å². The lowest BCUT2D eigenvalue weighted by atomic mass is 10.0. The topological polar surface area (TPSA) is 75.8 Å². The first kappa shape index (κ1) is 26.6. The number of alkyl halides is 1. The van der Waals surface area contributed by atoms with Gasteiger partial charge in [0.15, 0.2) is 0 Å². The predicted molar refractivity (Wildman–Crippen MR) is 150 cm³/mol. The van der Waals surface area contributed by atoms with Crippen molar-refractivity contribution in [2.45, 2.75) is 49.3 Å². The van der Waals surface area contributed by atoms with Gasteiger partial charge in [0.25, 0.3) is 0 Å². The Morgan fingerprint density at radius 2 is 1.16 bits per heavy atom. The van der Waals surface area contributed by atoms with E-state index < -0.39 is 0 Å². The summed E-state index contributed by atoms with van der Waals surface area (Å²) in [6.07, 6.45) is 4.77. The van der Waals surface area contributed by atoms with E-state index in [0.29, 0.717) is 48.5 Å². The van der Waals surface area contributed by atoms with Gasteiger partial charge in [0.05, 0.1) is 32.6 Å². The molecule has 190 valence electrons. The number of hydrogen-bond acceptors (Lipinski definition) is 5. The molecule has 2 aromatic carbocycles. The molecule has 6 rings (SSSR count). The van der Waals surface area contributed by atoms with Gasteiger partial charge in [-0.15, -0.1) is 0 Å². The molecule has 0 radical (unpaired) electrons. The van der Waals surface area contributed by atoms with Crippen LogP contribution in [0, 0.1) is 11.3 Å². The highest BCUT2D eigenvalue weighted by Crippen LogP contribution is 2.47.